The Morgan fingerprint density at radius 3 is 2.38 bits per heavy atom. The van der Waals surface area contributed by atoms with Crippen LogP contribution in [-0.2, 0) is 16.1 Å². The minimum atomic E-state index is -0.461. The van der Waals surface area contributed by atoms with Gasteiger partial charge in [-0.1, -0.05) is 0 Å². The monoisotopic (exact) mass is 328 g/mol. The van der Waals surface area contributed by atoms with Crippen molar-refractivity contribution in [3.8, 4) is 0 Å². The van der Waals surface area contributed by atoms with Gasteiger partial charge in [0.05, 0.1) is 6.42 Å². The molecule has 5 nitrogen and oxygen atoms in total. The molecule has 0 radical (unpaired) electrons. The molecule has 0 amide bonds. The smallest absolute Gasteiger partial charge is 0.306 e. The molecule has 1 aromatic heterocycles. The standard InChI is InChI=1S/C18H17FN2O3/c19-15-5-3-13(4-6-15)16(22)7-8-17(23)24-11-12-9-20-18(21-10-12)14-1-2-14/h3-6,9-10,14H,1-2,7-8,11H2. The van der Waals surface area contributed by atoms with Gasteiger partial charge in [-0.3, -0.25) is 9.59 Å². The van der Waals surface area contributed by atoms with E-state index in [4.69, 9.17) is 4.74 Å². The molecule has 1 aliphatic carbocycles. The average molecular weight is 328 g/mol. The molecular formula is C18H17FN2O3. The Hall–Kier alpha value is -2.63. The summed E-state index contributed by atoms with van der Waals surface area (Å²) >= 11 is 0. The quantitative estimate of drug-likeness (QED) is 0.577. The predicted octanol–water partition coefficient (Wildman–Crippen LogP) is 3.20. The van der Waals surface area contributed by atoms with Gasteiger partial charge in [0.15, 0.2) is 5.78 Å². The van der Waals surface area contributed by atoms with Crippen molar-refractivity contribution in [2.24, 2.45) is 0 Å². The van der Waals surface area contributed by atoms with Crippen LogP contribution in [-0.4, -0.2) is 21.7 Å². The van der Waals surface area contributed by atoms with E-state index in [-0.39, 0.29) is 25.2 Å². The summed E-state index contributed by atoms with van der Waals surface area (Å²) in [5.74, 6) is 0.246. The van der Waals surface area contributed by atoms with E-state index in [1.165, 1.54) is 24.3 Å². The summed E-state index contributed by atoms with van der Waals surface area (Å²) in [6.45, 7) is 0.0918. The molecule has 1 fully saturated rings. The molecule has 0 saturated heterocycles. The highest BCUT2D eigenvalue weighted by molar-refractivity contribution is 5.97. The van der Waals surface area contributed by atoms with Crippen LogP contribution < -0.4 is 0 Å². The third-order valence-corrected chi connectivity index (χ3v) is 3.79. The maximum absolute atomic E-state index is 12.8. The van der Waals surface area contributed by atoms with Crippen LogP contribution in [0.15, 0.2) is 36.7 Å². The Balaban J connectivity index is 1.42. The molecule has 6 heteroatoms. The zero-order valence-electron chi connectivity index (χ0n) is 13.1. The topological polar surface area (TPSA) is 69.2 Å². The van der Waals surface area contributed by atoms with Crippen LogP contribution in [0, 0.1) is 5.82 Å². The van der Waals surface area contributed by atoms with Gasteiger partial charge in [0.2, 0.25) is 0 Å². The van der Waals surface area contributed by atoms with E-state index in [0.29, 0.717) is 11.5 Å². The van der Waals surface area contributed by atoms with Crippen LogP contribution in [0.5, 0.6) is 0 Å². The number of benzene rings is 1. The molecule has 1 saturated carbocycles. The second-order valence-corrected chi connectivity index (χ2v) is 5.81. The first-order chi connectivity index (χ1) is 11.6. The molecule has 0 bridgehead atoms. The summed E-state index contributed by atoms with van der Waals surface area (Å²) in [6.07, 6.45) is 5.61. The van der Waals surface area contributed by atoms with Crippen molar-refractivity contribution in [3.05, 3.63) is 59.4 Å². The van der Waals surface area contributed by atoms with Gasteiger partial charge in [-0.05, 0) is 37.1 Å². The summed E-state index contributed by atoms with van der Waals surface area (Å²) in [7, 11) is 0. The number of nitrogens with zero attached hydrogens (tertiary/aromatic N) is 2. The van der Waals surface area contributed by atoms with Gasteiger partial charge in [-0.15, -0.1) is 0 Å². The van der Waals surface area contributed by atoms with E-state index in [9.17, 15) is 14.0 Å². The molecule has 3 rings (SSSR count). The molecule has 0 unspecified atom stereocenters. The molecule has 1 aromatic carbocycles. The zero-order chi connectivity index (χ0) is 16.9. The van der Waals surface area contributed by atoms with Crippen molar-refractivity contribution in [1.29, 1.82) is 0 Å². The number of ether oxygens (including phenoxy) is 1. The first kappa shape index (κ1) is 16.2. The fourth-order valence-electron chi connectivity index (χ4n) is 2.22. The predicted molar refractivity (Wildman–Crippen MR) is 83.8 cm³/mol. The second kappa shape index (κ2) is 7.29. The molecule has 0 atom stereocenters. The number of ketones is 1. The van der Waals surface area contributed by atoms with Gasteiger partial charge in [0, 0.05) is 35.9 Å². The second-order valence-electron chi connectivity index (χ2n) is 5.81. The Morgan fingerprint density at radius 2 is 1.75 bits per heavy atom. The van der Waals surface area contributed by atoms with Gasteiger partial charge in [-0.2, -0.15) is 0 Å². The van der Waals surface area contributed by atoms with Crippen molar-refractivity contribution in [2.75, 3.05) is 0 Å². The van der Waals surface area contributed by atoms with Gasteiger partial charge >= 0.3 is 5.97 Å². The highest BCUT2D eigenvalue weighted by Gasteiger charge is 2.26. The average Bonchev–Trinajstić information content (AvgIpc) is 3.44. The van der Waals surface area contributed by atoms with Crippen LogP contribution >= 0.6 is 0 Å². The molecule has 0 aliphatic heterocycles. The Morgan fingerprint density at radius 1 is 1.08 bits per heavy atom. The fraction of sp³-hybridized carbons (Fsp3) is 0.333. The maximum atomic E-state index is 12.8. The van der Waals surface area contributed by atoms with Crippen molar-refractivity contribution in [3.63, 3.8) is 0 Å². The minimum Gasteiger partial charge on any atom is -0.461 e. The number of aromatic nitrogens is 2. The molecule has 2 aromatic rings. The molecule has 1 heterocycles. The van der Waals surface area contributed by atoms with Gasteiger partial charge in [0.25, 0.3) is 0 Å². The third-order valence-electron chi connectivity index (χ3n) is 3.79. The van der Waals surface area contributed by atoms with E-state index >= 15 is 0 Å². The normalized spacial score (nSPS) is 13.5. The minimum absolute atomic E-state index is 0.0166. The van der Waals surface area contributed by atoms with E-state index < -0.39 is 11.8 Å². The van der Waals surface area contributed by atoms with Gasteiger partial charge in [0.1, 0.15) is 18.2 Å². The van der Waals surface area contributed by atoms with Crippen LogP contribution in [0.25, 0.3) is 0 Å². The van der Waals surface area contributed by atoms with Gasteiger partial charge in [-0.25, -0.2) is 14.4 Å². The number of halogens is 1. The van der Waals surface area contributed by atoms with E-state index in [2.05, 4.69) is 9.97 Å². The molecule has 24 heavy (non-hydrogen) atoms. The SMILES string of the molecule is O=C(CCC(=O)c1ccc(F)cc1)OCc1cnc(C2CC2)nc1. The number of carbonyl (C=O) groups is 2. The third kappa shape index (κ3) is 4.44. The first-order valence-corrected chi connectivity index (χ1v) is 7.87. The number of rotatable bonds is 7. The fourth-order valence-corrected chi connectivity index (χ4v) is 2.22. The van der Waals surface area contributed by atoms with Crippen LogP contribution in [0.4, 0.5) is 4.39 Å². The lowest BCUT2D eigenvalue weighted by molar-refractivity contribution is -0.144. The Labute approximate surface area is 138 Å². The van der Waals surface area contributed by atoms with Crippen LogP contribution in [0.1, 0.15) is 53.3 Å². The molecular weight excluding hydrogens is 311 g/mol. The van der Waals surface area contributed by atoms with E-state index in [1.54, 1.807) is 12.4 Å². The maximum Gasteiger partial charge on any atom is 0.306 e. The van der Waals surface area contributed by atoms with Crippen molar-refractivity contribution < 1.29 is 18.7 Å². The van der Waals surface area contributed by atoms with Crippen molar-refractivity contribution in [1.82, 2.24) is 9.97 Å². The Bertz CT molecular complexity index is 725. The largest absolute Gasteiger partial charge is 0.461 e. The van der Waals surface area contributed by atoms with Gasteiger partial charge < -0.3 is 4.74 Å². The van der Waals surface area contributed by atoms with Crippen molar-refractivity contribution in [2.45, 2.75) is 38.2 Å². The summed E-state index contributed by atoms with van der Waals surface area (Å²) in [5, 5.41) is 0. The molecule has 0 spiro atoms. The lowest BCUT2D eigenvalue weighted by Crippen LogP contribution is -2.09. The number of esters is 1. The summed E-state index contributed by atoms with van der Waals surface area (Å²) in [6, 6.07) is 5.25. The van der Waals surface area contributed by atoms with Crippen LogP contribution in [0.2, 0.25) is 0 Å². The number of Topliss-reactive ketones (excluding diaryl/α,β-unsaturated/α-hetero) is 1. The van der Waals surface area contributed by atoms with E-state index in [0.717, 1.165) is 24.2 Å². The Kier molecular flexibility index (Phi) is 4.93. The summed E-state index contributed by atoms with van der Waals surface area (Å²) in [4.78, 5) is 32.1. The summed E-state index contributed by atoms with van der Waals surface area (Å²) in [5.41, 5.74) is 1.10. The molecule has 0 N–H and O–H groups in total. The lowest BCUT2D eigenvalue weighted by Gasteiger charge is -2.05. The number of hydrogen-bond acceptors (Lipinski definition) is 5. The highest BCUT2D eigenvalue weighted by Crippen LogP contribution is 2.37. The first-order valence-electron chi connectivity index (χ1n) is 7.87. The number of hydrogen-bond donors (Lipinski definition) is 0. The summed E-state index contributed by atoms with van der Waals surface area (Å²) < 4.78 is 17.9. The van der Waals surface area contributed by atoms with Crippen molar-refractivity contribution >= 4 is 11.8 Å². The van der Waals surface area contributed by atoms with Crippen LogP contribution in [0.3, 0.4) is 0 Å². The molecule has 1 aliphatic rings. The number of carbonyl (C=O) groups excluding carboxylic acids is 2. The lowest BCUT2D eigenvalue weighted by atomic mass is 10.1. The van der Waals surface area contributed by atoms with E-state index in [1.807, 2.05) is 0 Å². The zero-order valence-corrected chi connectivity index (χ0v) is 13.1. The molecule has 124 valence electrons. The highest BCUT2D eigenvalue weighted by atomic mass is 19.1.